The van der Waals surface area contributed by atoms with Crippen molar-refractivity contribution in [2.75, 3.05) is 19.0 Å². The summed E-state index contributed by atoms with van der Waals surface area (Å²) in [7, 11) is 1.55. The molecule has 0 spiro atoms. The van der Waals surface area contributed by atoms with Crippen LogP contribution in [0.25, 0.3) is 15.5 Å². The Bertz CT molecular complexity index is 1280. The molecule has 1 N–H and O–H groups in total. The lowest BCUT2D eigenvalue weighted by Gasteiger charge is -2.14. The zero-order valence-electron chi connectivity index (χ0n) is 18.1. The molecule has 0 atom stereocenters. The molecule has 10 heteroatoms. The number of hydrogen-bond acceptors (Lipinski definition) is 7. The maximum Gasteiger partial charge on any atom is 0.262 e. The fourth-order valence-corrected chi connectivity index (χ4v) is 4.57. The van der Waals surface area contributed by atoms with Crippen molar-refractivity contribution in [3.63, 3.8) is 0 Å². The van der Waals surface area contributed by atoms with Gasteiger partial charge in [0.2, 0.25) is 4.96 Å². The summed E-state index contributed by atoms with van der Waals surface area (Å²) in [6.07, 6.45) is 0.735. The van der Waals surface area contributed by atoms with Crippen LogP contribution in [0.1, 0.15) is 23.9 Å². The third-order valence-corrected chi connectivity index (χ3v) is 6.04. The molecule has 0 fully saturated rings. The van der Waals surface area contributed by atoms with Gasteiger partial charge in [-0.2, -0.15) is 9.61 Å². The number of carbonyl (C=O) groups is 1. The Labute approximate surface area is 194 Å². The molecule has 0 aliphatic rings. The molecular formula is C22H22ClN5O3S. The van der Waals surface area contributed by atoms with Gasteiger partial charge in [0, 0.05) is 12.0 Å². The number of benzene rings is 2. The Hall–Kier alpha value is -3.17. The Balaban J connectivity index is 1.53. The van der Waals surface area contributed by atoms with E-state index >= 15 is 0 Å². The van der Waals surface area contributed by atoms with Gasteiger partial charge in [0.15, 0.2) is 12.4 Å². The van der Waals surface area contributed by atoms with Crippen molar-refractivity contribution in [2.24, 2.45) is 0 Å². The van der Waals surface area contributed by atoms with Crippen molar-refractivity contribution in [3.8, 4) is 22.1 Å². The van der Waals surface area contributed by atoms with Gasteiger partial charge in [0.25, 0.3) is 5.91 Å². The molecule has 0 saturated heterocycles. The highest BCUT2D eigenvalue weighted by Gasteiger charge is 2.16. The van der Waals surface area contributed by atoms with Gasteiger partial charge >= 0.3 is 0 Å². The summed E-state index contributed by atoms with van der Waals surface area (Å²) in [6, 6.07) is 9.25. The quantitative estimate of drug-likeness (QED) is 0.419. The minimum absolute atomic E-state index is 0.187. The van der Waals surface area contributed by atoms with Gasteiger partial charge in [0.1, 0.15) is 16.5 Å². The van der Waals surface area contributed by atoms with Crippen LogP contribution in [0.5, 0.6) is 11.5 Å². The topological polar surface area (TPSA) is 90.6 Å². The Morgan fingerprint density at radius 2 is 2.03 bits per heavy atom. The van der Waals surface area contributed by atoms with Crippen LogP contribution in [-0.2, 0) is 11.2 Å². The van der Waals surface area contributed by atoms with E-state index in [2.05, 4.69) is 20.6 Å². The first-order chi connectivity index (χ1) is 15.4. The molecule has 166 valence electrons. The smallest absolute Gasteiger partial charge is 0.262 e. The van der Waals surface area contributed by atoms with Gasteiger partial charge in [-0.05, 0) is 49.2 Å². The number of ether oxygens (including phenoxy) is 2. The van der Waals surface area contributed by atoms with E-state index in [1.54, 1.807) is 23.8 Å². The molecule has 4 rings (SSSR count). The minimum atomic E-state index is -0.331. The second-order valence-electron chi connectivity index (χ2n) is 7.22. The number of carbonyl (C=O) groups excluding carboxylic acids is 1. The second-order valence-corrected chi connectivity index (χ2v) is 8.58. The van der Waals surface area contributed by atoms with Crippen molar-refractivity contribution >= 4 is 39.5 Å². The van der Waals surface area contributed by atoms with E-state index in [-0.39, 0.29) is 12.5 Å². The molecule has 2 aromatic heterocycles. The molecule has 4 aromatic rings. The van der Waals surface area contributed by atoms with Gasteiger partial charge in [0.05, 0.1) is 17.8 Å². The van der Waals surface area contributed by atoms with Crippen LogP contribution >= 0.6 is 22.9 Å². The first-order valence-corrected chi connectivity index (χ1v) is 11.2. The lowest BCUT2D eigenvalue weighted by molar-refractivity contribution is -0.118. The van der Waals surface area contributed by atoms with Gasteiger partial charge in [-0.25, -0.2) is 0 Å². The fraction of sp³-hybridized carbons (Fsp3) is 0.273. The maximum absolute atomic E-state index is 12.6. The molecule has 2 aromatic carbocycles. The highest BCUT2D eigenvalue weighted by atomic mass is 35.5. The Morgan fingerprint density at radius 3 is 2.75 bits per heavy atom. The predicted octanol–water partition coefficient (Wildman–Crippen LogP) is 4.71. The van der Waals surface area contributed by atoms with Crippen molar-refractivity contribution in [3.05, 3.63) is 52.3 Å². The number of nitrogens with zero attached hydrogens (tertiary/aromatic N) is 4. The minimum Gasteiger partial charge on any atom is -0.495 e. The molecule has 2 heterocycles. The lowest BCUT2D eigenvalue weighted by Crippen LogP contribution is -2.21. The van der Waals surface area contributed by atoms with Crippen molar-refractivity contribution in [1.29, 1.82) is 0 Å². The molecular weight excluding hydrogens is 450 g/mol. The number of amides is 1. The average molecular weight is 472 g/mol. The van der Waals surface area contributed by atoms with E-state index in [1.165, 1.54) is 11.3 Å². The summed E-state index contributed by atoms with van der Waals surface area (Å²) in [5, 5.41) is 17.0. The normalized spacial score (nSPS) is 11.0. The number of aromatic nitrogens is 4. The van der Waals surface area contributed by atoms with Crippen molar-refractivity contribution < 1.29 is 14.3 Å². The summed E-state index contributed by atoms with van der Waals surface area (Å²) in [5.41, 5.74) is 3.25. The largest absolute Gasteiger partial charge is 0.495 e. The molecule has 1 amide bonds. The second kappa shape index (κ2) is 9.13. The maximum atomic E-state index is 12.6. The first kappa shape index (κ1) is 22.0. The zero-order valence-corrected chi connectivity index (χ0v) is 19.7. The average Bonchev–Trinajstić information content (AvgIpc) is 3.33. The first-order valence-electron chi connectivity index (χ1n) is 9.98. The zero-order chi connectivity index (χ0) is 22.8. The van der Waals surface area contributed by atoms with Crippen molar-refractivity contribution in [2.45, 2.75) is 27.2 Å². The number of methoxy groups -OCH3 is 1. The number of anilines is 1. The molecule has 0 unspecified atom stereocenters. The van der Waals surface area contributed by atoms with Gasteiger partial charge in [-0.1, -0.05) is 35.9 Å². The fourth-order valence-electron chi connectivity index (χ4n) is 3.34. The Morgan fingerprint density at radius 1 is 1.22 bits per heavy atom. The molecule has 0 aliphatic heterocycles. The SMILES string of the molecule is CCc1nnc2sc(-c3ccc(OC)c(NC(=O)COc4c(C)cc(C)cc4Cl)c3)nn12. The number of nitrogens with one attached hydrogen (secondary N) is 1. The number of fused-ring (bicyclic) bond motifs is 1. The molecule has 8 nitrogen and oxygen atoms in total. The Kier molecular flexibility index (Phi) is 6.29. The van der Waals surface area contributed by atoms with E-state index in [0.29, 0.717) is 22.2 Å². The third-order valence-electron chi connectivity index (χ3n) is 4.81. The van der Waals surface area contributed by atoms with Crippen LogP contribution in [0.4, 0.5) is 5.69 Å². The number of hydrogen-bond donors (Lipinski definition) is 1. The lowest BCUT2D eigenvalue weighted by atomic mass is 10.1. The van der Waals surface area contributed by atoms with E-state index in [1.807, 2.05) is 39.0 Å². The van der Waals surface area contributed by atoms with E-state index in [4.69, 9.17) is 21.1 Å². The van der Waals surface area contributed by atoms with Gasteiger partial charge < -0.3 is 14.8 Å². The van der Waals surface area contributed by atoms with E-state index in [0.717, 1.165) is 38.9 Å². The van der Waals surface area contributed by atoms with Crippen LogP contribution < -0.4 is 14.8 Å². The summed E-state index contributed by atoms with van der Waals surface area (Å²) in [4.78, 5) is 13.3. The van der Waals surface area contributed by atoms with Crippen LogP contribution in [0.2, 0.25) is 5.02 Å². The van der Waals surface area contributed by atoms with Crippen LogP contribution in [0, 0.1) is 13.8 Å². The predicted molar refractivity (Wildman–Crippen MR) is 125 cm³/mol. The van der Waals surface area contributed by atoms with E-state index in [9.17, 15) is 4.79 Å². The molecule has 0 saturated carbocycles. The van der Waals surface area contributed by atoms with Crippen LogP contribution in [-0.4, -0.2) is 39.4 Å². The molecule has 32 heavy (non-hydrogen) atoms. The number of halogens is 1. The summed E-state index contributed by atoms with van der Waals surface area (Å²) < 4.78 is 12.8. The summed E-state index contributed by atoms with van der Waals surface area (Å²) in [6.45, 7) is 5.66. The molecule has 0 aliphatic carbocycles. The number of aryl methyl sites for hydroxylation is 3. The summed E-state index contributed by atoms with van der Waals surface area (Å²) in [5.74, 6) is 1.50. The highest BCUT2D eigenvalue weighted by molar-refractivity contribution is 7.19. The van der Waals surface area contributed by atoms with Gasteiger partial charge in [-0.3, -0.25) is 4.79 Å². The standard InChI is InChI=1S/C22H22ClN5O3S/c1-5-18-25-26-22-28(18)27-21(32-22)14-6-7-17(30-4)16(10-14)24-19(29)11-31-20-13(3)8-12(2)9-15(20)23/h6-10H,5,11H2,1-4H3,(H,24,29). The number of rotatable bonds is 7. The van der Waals surface area contributed by atoms with Gasteiger partial charge in [-0.15, -0.1) is 10.2 Å². The highest BCUT2D eigenvalue weighted by Crippen LogP contribution is 2.33. The molecule has 0 bridgehead atoms. The van der Waals surface area contributed by atoms with Crippen molar-refractivity contribution in [1.82, 2.24) is 19.8 Å². The molecule has 0 radical (unpaired) electrons. The van der Waals surface area contributed by atoms with E-state index < -0.39 is 0 Å². The monoisotopic (exact) mass is 471 g/mol. The summed E-state index contributed by atoms with van der Waals surface area (Å²) >= 11 is 7.69. The third kappa shape index (κ3) is 4.39. The van der Waals surface area contributed by atoms with Crippen LogP contribution in [0.3, 0.4) is 0 Å². The van der Waals surface area contributed by atoms with Crippen LogP contribution in [0.15, 0.2) is 30.3 Å².